The fourth-order valence-corrected chi connectivity index (χ4v) is 4.39. The Hall–Kier alpha value is -1.14. The largest absolute Gasteiger partial charge is 0.311 e. The van der Waals surface area contributed by atoms with E-state index in [1.165, 1.54) is 5.56 Å². The molecule has 0 unspecified atom stereocenters. The van der Waals surface area contributed by atoms with Gasteiger partial charge >= 0.3 is 0 Å². The first-order valence-electron chi connectivity index (χ1n) is 9.74. The Balaban J connectivity index is 0.00000280. The summed E-state index contributed by atoms with van der Waals surface area (Å²) in [6.45, 7) is 10.8. The number of nitrogens with one attached hydrogen (secondary N) is 1. The van der Waals surface area contributed by atoms with Crippen molar-refractivity contribution in [1.29, 1.82) is 0 Å². The summed E-state index contributed by atoms with van der Waals surface area (Å²) in [5.74, 6) is 0.302. The molecule has 0 aliphatic carbocycles. The molecule has 28 heavy (non-hydrogen) atoms. The van der Waals surface area contributed by atoms with E-state index in [4.69, 9.17) is 11.6 Å². The Morgan fingerprint density at radius 1 is 1.32 bits per heavy atom. The van der Waals surface area contributed by atoms with E-state index in [0.717, 1.165) is 25.2 Å². The van der Waals surface area contributed by atoms with E-state index < -0.39 is 0 Å². The van der Waals surface area contributed by atoms with Crippen LogP contribution in [0.15, 0.2) is 18.2 Å². The molecule has 1 aromatic rings. The average molecular weight is 428 g/mol. The van der Waals surface area contributed by atoms with Gasteiger partial charge in [0.25, 0.3) is 0 Å². The number of benzene rings is 1. The van der Waals surface area contributed by atoms with E-state index in [2.05, 4.69) is 31.0 Å². The predicted molar refractivity (Wildman–Crippen MR) is 117 cm³/mol. The second-order valence-corrected chi connectivity index (χ2v) is 9.09. The molecule has 7 heteroatoms. The molecule has 2 aliphatic rings. The van der Waals surface area contributed by atoms with Gasteiger partial charge in [-0.1, -0.05) is 31.5 Å². The lowest BCUT2D eigenvalue weighted by atomic mass is 9.87. The van der Waals surface area contributed by atoms with Gasteiger partial charge in [-0.3, -0.25) is 9.69 Å². The van der Waals surface area contributed by atoms with Gasteiger partial charge in [0.05, 0.1) is 6.54 Å². The fourth-order valence-electron chi connectivity index (χ4n) is 4.23. The number of carbonyl (C=O) groups excluding carboxylic acids is 2. The van der Waals surface area contributed by atoms with Gasteiger partial charge in [-0.05, 0) is 38.0 Å². The van der Waals surface area contributed by atoms with Gasteiger partial charge < -0.3 is 15.0 Å². The normalized spacial score (nSPS) is 23.8. The third-order valence-electron chi connectivity index (χ3n) is 5.73. The third kappa shape index (κ3) is 5.07. The molecule has 3 rings (SSSR count). The molecule has 2 atom stereocenters. The highest BCUT2D eigenvalue weighted by atomic mass is 35.5. The van der Waals surface area contributed by atoms with Crippen molar-refractivity contribution >= 4 is 41.4 Å². The summed E-state index contributed by atoms with van der Waals surface area (Å²) in [6, 6.07) is 6.38. The maximum atomic E-state index is 13.2. The summed E-state index contributed by atoms with van der Waals surface area (Å²) in [5, 5.41) is 4.12. The topological polar surface area (TPSA) is 52.7 Å². The predicted octanol–water partition coefficient (Wildman–Crippen LogP) is 3.42. The van der Waals surface area contributed by atoms with E-state index >= 15 is 0 Å². The molecule has 0 radical (unpaired) electrons. The molecule has 1 aromatic carbocycles. The number of halogens is 2. The maximum Gasteiger partial charge on any atom is 0.241 e. The molecule has 0 spiro atoms. The minimum atomic E-state index is -0.0830. The second kappa shape index (κ2) is 9.12. The lowest BCUT2D eigenvalue weighted by molar-refractivity contribution is -0.120. The molecular formula is C21H31Cl2N3O2. The van der Waals surface area contributed by atoms with Gasteiger partial charge in [-0.2, -0.15) is 0 Å². The Morgan fingerprint density at radius 2 is 2.04 bits per heavy atom. The number of hydrogen-bond acceptors (Lipinski definition) is 4. The zero-order valence-electron chi connectivity index (χ0n) is 17.1. The maximum absolute atomic E-state index is 13.2. The first kappa shape index (κ1) is 23.1. The zero-order chi connectivity index (χ0) is 19.8. The summed E-state index contributed by atoms with van der Waals surface area (Å²) in [4.78, 5) is 28.7. The molecule has 2 aliphatic heterocycles. The number of anilines is 1. The number of piperazine rings is 1. The minimum absolute atomic E-state index is 0. The molecule has 1 saturated heterocycles. The van der Waals surface area contributed by atoms with Crippen molar-refractivity contribution in [1.82, 2.24) is 10.2 Å². The van der Waals surface area contributed by atoms with E-state index in [0.29, 0.717) is 30.6 Å². The van der Waals surface area contributed by atoms with Crippen LogP contribution in [0.3, 0.4) is 0 Å². The van der Waals surface area contributed by atoms with E-state index in [9.17, 15) is 9.59 Å². The van der Waals surface area contributed by atoms with Crippen LogP contribution in [0.2, 0.25) is 5.02 Å². The Labute approximate surface area is 179 Å². The molecule has 0 bridgehead atoms. The first-order valence-corrected chi connectivity index (χ1v) is 10.1. The Kier molecular flexibility index (Phi) is 7.54. The SMILES string of the molecule is CC(=O)CC[C@H]1CN[C@H](C)CN1CC(=O)N1CC(C)(C)c2ccc(Cl)cc21.Cl. The third-order valence-corrected chi connectivity index (χ3v) is 5.96. The van der Waals surface area contributed by atoms with Crippen molar-refractivity contribution in [2.45, 2.75) is 58.0 Å². The highest BCUT2D eigenvalue weighted by molar-refractivity contribution is 6.31. The fraction of sp³-hybridized carbons (Fsp3) is 0.619. The lowest BCUT2D eigenvalue weighted by Crippen LogP contribution is -2.58. The highest BCUT2D eigenvalue weighted by Gasteiger charge is 2.39. The van der Waals surface area contributed by atoms with E-state index in [-0.39, 0.29) is 35.6 Å². The van der Waals surface area contributed by atoms with Crippen molar-refractivity contribution in [2.24, 2.45) is 0 Å². The molecule has 0 aromatic heterocycles. The Bertz CT molecular complexity index is 738. The van der Waals surface area contributed by atoms with Crippen molar-refractivity contribution in [3.63, 3.8) is 0 Å². The van der Waals surface area contributed by atoms with Crippen LogP contribution in [-0.4, -0.2) is 54.9 Å². The minimum Gasteiger partial charge on any atom is -0.311 e. The van der Waals surface area contributed by atoms with E-state index in [1.807, 2.05) is 23.1 Å². The molecule has 1 amide bonds. The summed E-state index contributed by atoms with van der Waals surface area (Å²) in [6.07, 6.45) is 1.34. The highest BCUT2D eigenvalue weighted by Crippen LogP contribution is 2.41. The molecular weight excluding hydrogens is 397 g/mol. The average Bonchev–Trinajstić information content (AvgIpc) is 2.84. The monoisotopic (exact) mass is 427 g/mol. The molecule has 1 fully saturated rings. The first-order chi connectivity index (χ1) is 12.7. The van der Waals surface area contributed by atoms with Crippen molar-refractivity contribution in [3.05, 3.63) is 28.8 Å². The number of carbonyl (C=O) groups is 2. The van der Waals surface area contributed by atoms with Crippen LogP contribution < -0.4 is 10.2 Å². The van der Waals surface area contributed by atoms with Crippen LogP contribution in [-0.2, 0) is 15.0 Å². The molecule has 156 valence electrons. The molecule has 0 saturated carbocycles. The van der Waals surface area contributed by atoms with E-state index in [1.54, 1.807) is 6.92 Å². The smallest absolute Gasteiger partial charge is 0.241 e. The summed E-state index contributed by atoms with van der Waals surface area (Å²) in [5.41, 5.74) is 2.02. The van der Waals surface area contributed by atoms with Crippen LogP contribution in [0.25, 0.3) is 0 Å². The van der Waals surface area contributed by atoms with Gasteiger partial charge in [-0.15, -0.1) is 12.4 Å². The number of nitrogens with zero attached hydrogens (tertiary/aromatic N) is 2. The van der Waals surface area contributed by atoms with Gasteiger partial charge in [0.15, 0.2) is 0 Å². The Morgan fingerprint density at radius 3 is 2.71 bits per heavy atom. The van der Waals surface area contributed by atoms with Crippen LogP contribution in [0.4, 0.5) is 5.69 Å². The van der Waals surface area contributed by atoms with Crippen LogP contribution in [0.5, 0.6) is 0 Å². The molecule has 2 heterocycles. The lowest BCUT2D eigenvalue weighted by Gasteiger charge is -2.39. The molecule has 1 N–H and O–H groups in total. The number of ketones is 1. The van der Waals surface area contributed by atoms with Crippen molar-refractivity contribution in [2.75, 3.05) is 31.1 Å². The number of hydrogen-bond donors (Lipinski definition) is 1. The van der Waals surface area contributed by atoms with Crippen LogP contribution >= 0.6 is 24.0 Å². The van der Waals surface area contributed by atoms with Gasteiger partial charge in [-0.25, -0.2) is 0 Å². The van der Waals surface area contributed by atoms with Crippen LogP contribution in [0.1, 0.15) is 46.1 Å². The summed E-state index contributed by atoms with van der Waals surface area (Å²) >= 11 is 6.20. The number of Topliss-reactive ketones (excluding diaryl/α,β-unsaturated/α-hetero) is 1. The quantitative estimate of drug-likeness (QED) is 0.781. The second-order valence-electron chi connectivity index (χ2n) is 8.66. The van der Waals surface area contributed by atoms with Gasteiger partial charge in [0.2, 0.25) is 5.91 Å². The number of amides is 1. The standard InChI is InChI=1S/C21H30ClN3O2.ClH/c1-14-11-24(17(10-23-14)7-5-15(2)26)12-20(27)25-13-21(3,4)18-8-6-16(22)9-19(18)25;/h6,8-9,14,17,23H,5,7,10-13H2,1-4H3;1H/t14-,17+;/m1./s1. The number of rotatable bonds is 5. The summed E-state index contributed by atoms with van der Waals surface area (Å²) < 4.78 is 0. The summed E-state index contributed by atoms with van der Waals surface area (Å²) in [7, 11) is 0. The zero-order valence-corrected chi connectivity index (χ0v) is 18.7. The van der Waals surface area contributed by atoms with Gasteiger partial charge in [0.1, 0.15) is 5.78 Å². The van der Waals surface area contributed by atoms with Crippen molar-refractivity contribution < 1.29 is 9.59 Å². The molecule has 5 nitrogen and oxygen atoms in total. The van der Waals surface area contributed by atoms with Crippen molar-refractivity contribution in [3.8, 4) is 0 Å². The number of fused-ring (bicyclic) bond motifs is 1. The van der Waals surface area contributed by atoms with Crippen LogP contribution in [0, 0.1) is 0 Å². The van der Waals surface area contributed by atoms with Gasteiger partial charge in [0, 0.05) is 54.3 Å².